The van der Waals surface area contributed by atoms with Gasteiger partial charge in [0, 0.05) is 47.7 Å². The molecule has 0 unspecified atom stereocenters. The third kappa shape index (κ3) is 4.31. The lowest BCUT2D eigenvalue weighted by Crippen LogP contribution is -2.43. The van der Waals surface area contributed by atoms with Crippen LogP contribution in [-0.2, 0) is 4.74 Å². The summed E-state index contributed by atoms with van der Waals surface area (Å²) in [5.41, 5.74) is 4.72. The van der Waals surface area contributed by atoms with Crippen LogP contribution in [0.5, 0.6) is 5.75 Å². The van der Waals surface area contributed by atoms with Crippen molar-refractivity contribution in [2.75, 3.05) is 33.4 Å². The zero-order valence-corrected chi connectivity index (χ0v) is 21.9. The number of methoxy groups -OCH3 is 1. The summed E-state index contributed by atoms with van der Waals surface area (Å²) < 4.78 is 12.9. The van der Waals surface area contributed by atoms with Crippen molar-refractivity contribution < 1.29 is 9.47 Å². The maximum atomic E-state index is 5.58. The molecule has 0 saturated carbocycles. The second kappa shape index (κ2) is 9.91. The van der Waals surface area contributed by atoms with Gasteiger partial charge < -0.3 is 14.4 Å². The van der Waals surface area contributed by atoms with E-state index in [1.54, 1.807) is 23.0 Å². The number of ether oxygens (including phenoxy) is 2. The molecule has 10 heteroatoms. The molecule has 0 amide bonds. The van der Waals surface area contributed by atoms with E-state index in [2.05, 4.69) is 40.1 Å². The molecular formula is C26H33N7O2S. The molecule has 2 saturated heterocycles. The van der Waals surface area contributed by atoms with Gasteiger partial charge in [0.1, 0.15) is 17.0 Å². The average molecular weight is 508 g/mol. The van der Waals surface area contributed by atoms with Gasteiger partial charge in [-0.25, -0.2) is 14.5 Å². The number of hydrogen-bond donors (Lipinski definition) is 1. The first kappa shape index (κ1) is 23.6. The summed E-state index contributed by atoms with van der Waals surface area (Å²) in [7, 11) is 1.65. The van der Waals surface area contributed by atoms with Crippen LogP contribution in [0.15, 0.2) is 24.8 Å². The molecule has 6 heterocycles. The van der Waals surface area contributed by atoms with E-state index in [4.69, 9.17) is 19.6 Å². The molecule has 0 aromatic carbocycles. The summed E-state index contributed by atoms with van der Waals surface area (Å²) in [4.78, 5) is 13.2. The summed E-state index contributed by atoms with van der Waals surface area (Å²) in [5.74, 6) is 1.52. The van der Waals surface area contributed by atoms with E-state index >= 15 is 0 Å². The fourth-order valence-corrected chi connectivity index (χ4v) is 6.75. The molecule has 190 valence electrons. The quantitative estimate of drug-likeness (QED) is 0.403. The smallest absolute Gasteiger partial charge is 0.197 e. The van der Waals surface area contributed by atoms with E-state index in [-0.39, 0.29) is 5.92 Å². The molecule has 36 heavy (non-hydrogen) atoms. The van der Waals surface area contributed by atoms with Gasteiger partial charge in [-0.05, 0) is 56.7 Å². The number of nitrogens with zero attached hydrogens (tertiary/aromatic N) is 6. The lowest BCUT2D eigenvalue weighted by Gasteiger charge is -2.39. The van der Waals surface area contributed by atoms with Crippen LogP contribution in [-0.4, -0.2) is 74.1 Å². The molecule has 0 atom stereocenters. The summed E-state index contributed by atoms with van der Waals surface area (Å²) in [6, 6.07) is 2.69. The number of aromatic amines is 1. The molecular weight excluding hydrogens is 474 g/mol. The number of aromatic nitrogens is 6. The average Bonchev–Trinajstić information content (AvgIpc) is 3.67. The highest BCUT2D eigenvalue weighted by Crippen LogP contribution is 2.41. The molecule has 2 aliphatic heterocycles. The maximum absolute atomic E-state index is 5.58. The van der Waals surface area contributed by atoms with Gasteiger partial charge in [-0.3, -0.25) is 5.10 Å². The van der Waals surface area contributed by atoms with E-state index in [0.717, 1.165) is 40.7 Å². The van der Waals surface area contributed by atoms with Gasteiger partial charge in [0.15, 0.2) is 11.4 Å². The molecule has 4 aromatic heterocycles. The van der Waals surface area contributed by atoms with Crippen LogP contribution in [0.3, 0.4) is 0 Å². The van der Waals surface area contributed by atoms with Crippen LogP contribution < -0.4 is 4.74 Å². The van der Waals surface area contributed by atoms with Crippen LogP contribution in [0.25, 0.3) is 27.6 Å². The Bertz CT molecular complexity index is 1330. The molecule has 0 radical (unpaired) electrons. The number of thiazole rings is 1. The summed E-state index contributed by atoms with van der Waals surface area (Å²) in [5, 5.41) is 13.3. The van der Waals surface area contributed by atoms with Crippen LogP contribution in [0.1, 0.15) is 61.8 Å². The third-order valence-corrected chi connectivity index (χ3v) is 8.76. The van der Waals surface area contributed by atoms with Crippen molar-refractivity contribution in [3.63, 3.8) is 0 Å². The number of nitrogens with one attached hydrogen (secondary N) is 1. The predicted octanol–water partition coefficient (Wildman–Crippen LogP) is 4.73. The lowest BCUT2D eigenvalue weighted by atomic mass is 9.93. The van der Waals surface area contributed by atoms with E-state index in [0.29, 0.717) is 23.4 Å². The highest BCUT2D eigenvalue weighted by molar-refractivity contribution is 7.15. The topological polar surface area (TPSA) is 93.5 Å². The van der Waals surface area contributed by atoms with Gasteiger partial charge in [0.05, 0.1) is 12.8 Å². The minimum absolute atomic E-state index is 0.265. The van der Waals surface area contributed by atoms with Crippen LogP contribution in [0.2, 0.25) is 0 Å². The molecule has 6 rings (SSSR count). The molecule has 4 aromatic rings. The largest absolute Gasteiger partial charge is 0.493 e. The lowest BCUT2D eigenvalue weighted by molar-refractivity contribution is 0.0253. The fourth-order valence-electron chi connectivity index (χ4n) is 5.66. The fraction of sp³-hybridized carbons (Fsp3) is 0.538. The van der Waals surface area contributed by atoms with Crippen LogP contribution >= 0.6 is 11.3 Å². The number of pyridine rings is 1. The van der Waals surface area contributed by atoms with Gasteiger partial charge in [0.2, 0.25) is 0 Å². The number of rotatable bonds is 6. The van der Waals surface area contributed by atoms with Crippen LogP contribution in [0.4, 0.5) is 0 Å². The number of fused-ring (bicyclic) bond motifs is 1. The van der Waals surface area contributed by atoms with Crippen molar-refractivity contribution in [1.82, 2.24) is 34.7 Å². The third-order valence-electron chi connectivity index (χ3n) is 7.60. The standard InChI is InChI=1S/C26H33N7O2S/c1-16(2)22-23(18-12-20(34-3)25-28-15-29-33(25)14-18)30-31-24(22)26-27-13-21(36-26)17-4-8-32(9-5-17)19-6-10-35-11-7-19/h12-17,19H,4-11H2,1-3H3,(H,30,31). The molecule has 0 aliphatic carbocycles. The zero-order valence-electron chi connectivity index (χ0n) is 21.1. The Hall–Kier alpha value is -2.82. The van der Waals surface area contributed by atoms with E-state index in [1.165, 1.54) is 50.0 Å². The highest BCUT2D eigenvalue weighted by Gasteiger charge is 2.29. The molecule has 9 nitrogen and oxygen atoms in total. The maximum Gasteiger partial charge on any atom is 0.197 e. The van der Waals surface area contributed by atoms with Gasteiger partial charge >= 0.3 is 0 Å². The van der Waals surface area contributed by atoms with Crippen molar-refractivity contribution in [1.29, 1.82) is 0 Å². The second-order valence-electron chi connectivity index (χ2n) is 10.1. The first-order valence-corrected chi connectivity index (χ1v) is 13.7. The molecule has 2 aliphatic rings. The number of H-pyrrole nitrogens is 1. The first-order chi connectivity index (χ1) is 17.6. The van der Waals surface area contributed by atoms with Crippen molar-refractivity contribution >= 4 is 17.0 Å². The monoisotopic (exact) mass is 507 g/mol. The van der Waals surface area contributed by atoms with Crippen molar-refractivity contribution in [2.24, 2.45) is 0 Å². The SMILES string of the molecule is COc1cc(-c2[nH]nc(-c3ncc(C4CCN(C5CCOCC5)CC4)s3)c2C(C)C)cn2ncnc12. The number of likely N-dealkylation sites (tertiary alicyclic amines) is 1. The minimum Gasteiger partial charge on any atom is -0.493 e. The van der Waals surface area contributed by atoms with Gasteiger partial charge in [0.25, 0.3) is 0 Å². The summed E-state index contributed by atoms with van der Waals surface area (Å²) in [6.45, 7) is 8.55. The van der Waals surface area contributed by atoms with Crippen molar-refractivity contribution in [3.05, 3.63) is 35.2 Å². The van der Waals surface area contributed by atoms with Gasteiger partial charge in [-0.15, -0.1) is 11.3 Å². The Morgan fingerprint density at radius 2 is 1.94 bits per heavy atom. The van der Waals surface area contributed by atoms with E-state index < -0.39 is 0 Å². The molecule has 0 bridgehead atoms. The normalized spacial score (nSPS) is 18.4. The summed E-state index contributed by atoms with van der Waals surface area (Å²) in [6.07, 6.45) is 10.3. The predicted molar refractivity (Wildman–Crippen MR) is 140 cm³/mol. The number of piperidine rings is 1. The summed E-state index contributed by atoms with van der Waals surface area (Å²) >= 11 is 1.80. The highest BCUT2D eigenvalue weighted by atomic mass is 32.1. The van der Waals surface area contributed by atoms with Crippen molar-refractivity contribution in [3.8, 4) is 27.7 Å². The van der Waals surface area contributed by atoms with Gasteiger partial charge in [-0.1, -0.05) is 13.8 Å². The van der Waals surface area contributed by atoms with Crippen LogP contribution in [0, 0.1) is 0 Å². The molecule has 2 fully saturated rings. The zero-order chi connectivity index (χ0) is 24.6. The Morgan fingerprint density at radius 3 is 2.69 bits per heavy atom. The minimum atomic E-state index is 0.265. The first-order valence-electron chi connectivity index (χ1n) is 12.9. The molecule has 1 N–H and O–H groups in total. The Labute approximate surface area is 214 Å². The Morgan fingerprint density at radius 1 is 1.14 bits per heavy atom. The van der Waals surface area contributed by atoms with Crippen molar-refractivity contribution in [2.45, 2.75) is 57.4 Å². The Balaban J connectivity index is 1.25. The number of hydrogen-bond acceptors (Lipinski definition) is 8. The van der Waals surface area contributed by atoms with Gasteiger partial charge in [-0.2, -0.15) is 10.2 Å². The van der Waals surface area contributed by atoms with E-state index in [1.807, 2.05) is 12.3 Å². The van der Waals surface area contributed by atoms with E-state index in [9.17, 15) is 0 Å². The second-order valence-corrected chi connectivity index (χ2v) is 11.1. The molecule has 0 spiro atoms. The Kier molecular flexibility index (Phi) is 6.49.